The normalized spacial score (nSPS) is 9.85. The van der Waals surface area contributed by atoms with E-state index in [0.29, 0.717) is 11.3 Å². The molecule has 0 spiro atoms. The van der Waals surface area contributed by atoms with Crippen molar-refractivity contribution >= 4 is 17.3 Å². The first kappa shape index (κ1) is 13.8. The molecule has 2 aromatic carbocycles. The minimum atomic E-state index is -0.596. The van der Waals surface area contributed by atoms with Crippen LogP contribution in [0.1, 0.15) is 11.1 Å². The maximum absolute atomic E-state index is 11.0. The van der Waals surface area contributed by atoms with Crippen LogP contribution in [0.25, 0.3) is 0 Å². The molecule has 0 fully saturated rings. The highest BCUT2D eigenvalue weighted by molar-refractivity contribution is 6.32. The molecular formula is C14H9ClN2O3. The van der Waals surface area contributed by atoms with Gasteiger partial charge in [0.1, 0.15) is 10.8 Å². The number of ether oxygens (including phenoxy) is 1. The summed E-state index contributed by atoms with van der Waals surface area (Å²) in [4.78, 5) is 10.4. The first-order chi connectivity index (χ1) is 9.52. The highest BCUT2D eigenvalue weighted by Crippen LogP contribution is 2.37. The number of hydrogen-bond donors (Lipinski definition) is 0. The second-order valence-corrected chi connectivity index (χ2v) is 4.45. The third-order valence-corrected chi connectivity index (χ3v) is 2.97. The second-order valence-electron chi connectivity index (χ2n) is 4.04. The molecule has 0 saturated heterocycles. The van der Waals surface area contributed by atoms with E-state index >= 15 is 0 Å². The van der Waals surface area contributed by atoms with Crippen LogP contribution in [0.15, 0.2) is 36.4 Å². The quantitative estimate of drug-likeness (QED) is 0.626. The van der Waals surface area contributed by atoms with Gasteiger partial charge in [-0.1, -0.05) is 23.7 Å². The Morgan fingerprint density at radius 1 is 1.30 bits per heavy atom. The number of halogens is 1. The first-order valence-electron chi connectivity index (χ1n) is 5.64. The Morgan fingerprint density at radius 3 is 2.70 bits per heavy atom. The monoisotopic (exact) mass is 288 g/mol. The fourth-order valence-electron chi connectivity index (χ4n) is 1.65. The molecule has 0 radical (unpaired) electrons. The number of nitrogens with zero attached hydrogens (tertiary/aromatic N) is 2. The molecule has 0 unspecified atom stereocenters. The van der Waals surface area contributed by atoms with Crippen LogP contribution < -0.4 is 4.74 Å². The Morgan fingerprint density at radius 2 is 2.05 bits per heavy atom. The van der Waals surface area contributed by atoms with Crippen LogP contribution in [0.5, 0.6) is 11.5 Å². The number of aryl methyl sites for hydroxylation is 1. The number of nitriles is 1. The molecule has 0 saturated carbocycles. The summed E-state index contributed by atoms with van der Waals surface area (Å²) >= 11 is 5.81. The van der Waals surface area contributed by atoms with E-state index in [1.54, 1.807) is 25.1 Å². The SMILES string of the molecule is Cc1ccc(C#N)cc1Oc1cccc(Cl)c1[N+](=O)[O-]. The van der Waals surface area contributed by atoms with E-state index in [1.165, 1.54) is 18.2 Å². The topological polar surface area (TPSA) is 76.2 Å². The van der Waals surface area contributed by atoms with E-state index in [-0.39, 0.29) is 16.5 Å². The Balaban J connectivity index is 2.48. The fraction of sp³-hybridized carbons (Fsp3) is 0.0714. The molecule has 6 heteroatoms. The lowest BCUT2D eigenvalue weighted by Crippen LogP contribution is -1.95. The number of nitro benzene ring substituents is 1. The minimum Gasteiger partial charge on any atom is -0.450 e. The molecule has 0 aliphatic heterocycles. The summed E-state index contributed by atoms with van der Waals surface area (Å²) in [6.07, 6.45) is 0. The molecule has 20 heavy (non-hydrogen) atoms. The van der Waals surface area contributed by atoms with Gasteiger partial charge in [0.25, 0.3) is 0 Å². The van der Waals surface area contributed by atoms with Crippen molar-refractivity contribution < 1.29 is 9.66 Å². The highest BCUT2D eigenvalue weighted by atomic mass is 35.5. The van der Waals surface area contributed by atoms with Crippen molar-refractivity contribution in [2.75, 3.05) is 0 Å². The minimum absolute atomic E-state index is 0.00147. The third-order valence-electron chi connectivity index (χ3n) is 2.67. The predicted octanol–water partition coefficient (Wildman–Crippen LogP) is 4.22. The van der Waals surface area contributed by atoms with Gasteiger partial charge < -0.3 is 4.74 Å². The largest absolute Gasteiger partial charge is 0.450 e. The smallest absolute Gasteiger partial charge is 0.329 e. The van der Waals surface area contributed by atoms with Crippen LogP contribution in [0.3, 0.4) is 0 Å². The molecule has 0 aromatic heterocycles. The van der Waals surface area contributed by atoms with Crippen LogP contribution >= 0.6 is 11.6 Å². The van der Waals surface area contributed by atoms with Crippen LogP contribution in [-0.4, -0.2) is 4.92 Å². The lowest BCUT2D eigenvalue weighted by atomic mass is 10.1. The van der Waals surface area contributed by atoms with Gasteiger partial charge in [0.15, 0.2) is 0 Å². The number of para-hydroxylation sites is 1. The molecule has 0 amide bonds. The van der Waals surface area contributed by atoms with Gasteiger partial charge in [0, 0.05) is 0 Å². The van der Waals surface area contributed by atoms with Crippen molar-refractivity contribution in [2.45, 2.75) is 6.92 Å². The van der Waals surface area contributed by atoms with Crippen molar-refractivity contribution in [1.29, 1.82) is 5.26 Å². The van der Waals surface area contributed by atoms with Crippen molar-refractivity contribution in [3.63, 3.8) is 0 Å². The molecule has 5 nitrogen and oxygen atoms in total. The van der Waals surface area contributed by atoms with E-state index in [4.69, 9.17) is 21.6 Å². The molecule has 0 aliphatic rings. The molecule has 0 N–H and O–H groups in total. The van der Waals surface area contributed by atoms with Gasteiger partial charge in [-0.15, -0.1) is 0 Å². The Hall–Kier alpha value is -2.58. The molecule has 100 valence electrons. The lowest BCUT2D eigenvalue weighted by Gasteiger charge is -2.09. The fourth-order valence-corrected chi connectivity index (χ4v) is 1.89. The number of rotatable bonds is 3. The standard InChI is InChI=1S/C14H9ClN2O3/c1-9-5-6-10(8-16)7-13(9)20-12-4-2-3-11(15)14(12)17(18)19/h2-7H,1H3. The molecule has 0 aliphatic carbocycles. The summed E-state index contributed by atoms with van der Waals surface area (Å²) in [6, 6.07) is 11.3. The summed E-state index contributed by atoms with van der Waals surface area (Å²) in [5.41, 5.74) is 0.879. The van der Waals surface area contributed by atoms with Crippen LogP contribution in [0.2, 0.25) is 5.02 Å². The average molecular weight is 289 g/mol. The molecular weight excluding hydrogens is 280 g/mol. The first-order valence-corrected chi connectivity index (χ1v) is 6.02. The summed E-state index contributed by atoms with van der Waals surface area (Å²) in [5.74, 6) is 0.426. The summed E-state index contributed by atoms with van der Waals surface area (Å²) in [6.45, 7) is 1.78. The van der Waals surface area contributed by atoms with Gasteiger partial charge in [0.2, 0.25) is 5.75 Å². The van der Waals surface area contributed by atoms with Crippen LogP contribution in [0, 0.1) is 28.4 Å². The zero-order valence-electron chi connectivity index (χ0n) is 10.5. The Labute approximate surface area is 120 Å². The molecule has 0 heterocycles. The highest BCUT2D eigenvalue weighted by Gasteiger charge is 2.20. The zero-order chi connectivity index (χ0) is 14.7. The van der Waals surface area contributed by atoms with Gasteiger partial charge >= 0.3 is 5.69 Å². The van der Waals surface area contributed by atoms with Crippen LogP contribution in [0.4, 0.5) is 5.69 Å². The van der Waals surface area contributed by atoms with E-state index in [9.17, 15) is 10.1 Å². The molecule has 0 atom stereocenters. The maximum atomic E-state index is 11.0. The second kappa shape index (κ2) is 5.59. The summed E-state index contributed by atoms with van der Waals surface area (Å²) in [5, 5.41) is 19.9. The average Bonchev–Trinajstić information content (AvgIpc) is 2.41. The Bertz CT molecular complexity index is 723. The van der Waals surface area contributed by atoms with Crippen molar-refractivity contribution in [1.82, 2.24) is 0 Å². The van der Waals surface area contributed by atoms with E-state index in [0.717, 1.165) is 5.56 Å². The van der Waals surface area contributed by atoms with Gasteiger partial charge in [-0.2, -0.15) is 5.26 Å². The Kier molecular flexibility index (Phi) is 3.87. The number of nitro groups is 1. The number of hydrogen-bond acceptors (Lipinski definition) is 4. The maximum Gasteiger partial charge on any atom is 0.329 e. The molecule has 2 rings (SSSR count). The molecule has 2 aromatic rings. The zero-order valence-corrected chi connectivity index (χ0v) is 11.2. The van der Waals surface area contributed by atoms with E-state index in [1.807, 2.05) is 6.07 Å². The third kappa shape index (κ3) is 2.71. The van der Waals surface area contributed by atoms with Gasteiger partial charge in [-0.3, -0.25) is 10.1 Å². The van der Waals surface area contributed by atoms with Gasteiger partial charge in [0.05, 0.1) is 16.6 Å². The van der Waals surface area contributed by atoms with Gasteiger partial charge in [-0.05, 0) is 36.8 Å². The van der Waals surface area contributed by atoms with E-state index < -0.39 is 4.92 Å². The predicted molar refractivity (Wildman–Crippen MR) is 74.1 cm³/mol. The number of benzene rings is 2. The van der Waals surface area contributed by atoms with E-state index in [2.05, 4.69) is 0 Å². The van der Waals surface area contributed by atoms with Crippen molar-refractivity contribution in [3.05, 3.63) is 62.7 Å². The van der Waals surface area contributed by atoms with Crippen LogP contribution in [-0.2, 0) is 0 Å². The van der Waals surface area contributed by atoms with Gasteiger partial charge in [-0.25, -0.2) is 0 Å². The molecule has 0 bridgehead atoms. The lowest BCUT2D eigenvalue weighted by molar-refractivity contribution is -0.385. The summed E-state index contributed by atoms with van der Waals surface area (Å²) < 4.78 is 5.55. The van der Waals surface area contributed by atoms with Crippen molar-refractivity contribution in [2.24, 2.45) is 0 Å². The van der Waals surface area contributed by atoms with Crippen molar-refractivity contribution in [3.8, 4) is 17.6 Å². The summed E-state index contributed by atoms with van der Waals surface area (Å²) in [7, 11) is 0.